The van der Waals surface area contributed by atoms with Crippen molar-refractivity contribution >= 4 is 33.9 Å². The Bertz CT molecular complexity index is 1110. The van der Waals surface area contributed by atoms with Gasteiger partial charge in [-0.05, 0) is 60.2 Å². The van der Waals surface area contributed by atoms with Crippen molar-refractivity contribution in [2.75, 3.05) is 19.0 Å². The highest BCUT2D eigenvalue weighted by Crippen LogP contribution is 2.23. The second kappa shape index (κ2) is 9.91. The lowest BCUT2D eigenvalue weighted by molar-refractivity contribution is 0.186. The van der Waals surface area contributed by atoms with E-state index in [-0.39, 0.29) is 5.95 Å². The summed E-state index contributed by atoms with van der Waals surface area (Å²) in [6.07, 6.45) is 1.07. The molecule has 2 N–H and O–H groups in total. The first-order valence-corrected chi connectivity index (χ1v) is 10.5. The SMILES string of the molecule is COC(=O)Nc1nc2ccc(S(=O)c3ccc(CC(C)CCN=[N+]=[N-])cc3)cc2[nH]1. The molecule has 0 spiro atoms. The van der Waals surface area contributed by atoms with Crippen LogP contribution in [0.25, 0.3) is 21.5 Å². The van der Waals surface area contributed by atoms with Gasteiger partial charge in [-0.15, -0.1) is 0 Å². The summed E-state index contributed by atoms with van der Waals surface area (Å²) in [6.45, 7) is 2.61. The van der Waals surface area contributed by atoms with Gasteiger partial charge in [-0.3, -0.25) is 5.32 Å². The Labute approximate surface area is 175 Å². The molecule has 1 aromatic heterocycles. The number of nitrogens with zero attached hydrogens (tertiary/aromatic N) is 4. The highest BCUT2D eigenvalue weighted by Gasteiger charge is 2.12. The zero-order chi connectivity index (χ0) is 21.5. The second-order valence-corrected chi connectivity index (χ2v) is 8.33. The van der Waals surface area contributed by atoms with Gasteiger partial charge in [0.1, 0.15) is 0 Å². The molecule has 0 fully saturated rings. The number of rotatable bonds is 8. The van der Waals surface area contributed by atoms with Gasteiger partial charge in [0.15, 0.2) is 0 Å². The number of hydrogen-bond donors (Lipinski definition) is 2. The molecule has 0 saturated carbocycles. The molecule has 0 radical (unpaired) electrons. The lowest BCUT2D eigenvalue weighted by atomic mass is 9.98. The molecule has 0 bridgehead atoms. The van der Waals surface area contributed by atoms with Gasteiger partial charge in [0.2, 0.25) is 5.95 Å². The van der Waals surface area contributed by atoms with Gasteiger partial charge in [-0.1, -0.05) is 24.2 Å². The Morgan fingerprint density at radius 3 is 2.73 bits per heavy atom. The molecule has 0 saturated heterocycles. The Morgan fingerprint density at radius 2 is 2.03 bits per heavy atom. The number of nitrogens with one attached hydrogen (secondary N) is 2. The van der Waals surface area contributed by atoms with Gasteiger partial charge < -0.3 is 9.72 Å². The Hall–Kier alpha value is -3.36. The average Bonchev–Trinajstić information content (AvgIpc) is 3.15. The number of anilines is 1. The normalized spacial score (nSPS) is 12.7. The van der Waals surface area contributed by atoms with E-state index < -0.39 is 16.9 Å². The molecule has 10 heteroatoms. The summed E-state index contributed by atoms with van der Waals surface area (Å²) in [5.74, 6) is 0.654. The van der Waals surface area contributed by atoms with Crippen LogP contribution >= 0.6 is 0 Å². The van der Waals surface area contributed by atoms with Crippen LogP contribution in [0.2, 0.25) is 0 Å². The van der Waals surface area contributed by atoms with E-state index in [0.29, 0.717) is 33.3 Å². The third kappa shape index (κ3) is 5.37. The number of carbonyl (C=O) groups is 1. The topological polar surface area (TPSA) is 133 Å². The van der Waals surface area contributed by atoms with E-state index in [9.17, 15) is 9.00 Å². The van der Waals surface area contributed by atoms with Crippen LogP contribution in [0.1, 0.15) is 18.9 Å². The number of aromatic amines is 1. The molecule has 2 atom stereocenters. The molecule has 2 unspecified atom stereocenters. The second-order valence-electron chi connectivity index (χ2n) is 6.85. The fourth-order valence-electron chi connectivity index (χ4n) is 3.02. The van der Waals surface area contributed by atoms with Crippen LogP contribution in [-0.2, 0) is 22.0 Å². The number of methoxy groups -OCH3 is 1. The van der Waals surface area contributed by atoms with Crippen molar-refractivity contribution in [3.8, 4) is 0 Å². The van der Waals surface area contributed by atoms with Crippen molar-refractivity contribution < 1.29 is 13.7 Å². The zero-order valence-corrected chi connectivity index (χ0v) is 17.5. The Morgan fingerprint density at radius 1 is 1.30 bits per heavy atom. The number of ether oxygens (including phenoxy) is 1. The number of H-pyrrole nitrogens is 1. The highest BCUT2D eigenvalue weighted by atomic mass is 32.2. The molecular weight excluding hydrogens is 404 g/mol. The first kappa shape index (κ1) is 21.4. The summed E-state index contributed by atoms with van der Waals surface area (Å²) in [5, 5.41) is 6.04. The van der Waals surface area contributed by atoms with Gasteiger partial charge in [-0.2, -0.15) is 0 Å². The monoisotopic (exact) mass is 426 g/mol. The number of benzene rings is 2. The van der Waals surface area contributed by atoms with Gasteiger partial charge in [0.05, 0.1) is 28.9 Å². The maximum atomic E-state index is 13.0. The minimum Gasteiger partial charge on any atom is -0.453 e. The molecular formula is C20H22N6O3S. The minimum absolute atomic E-state index is 0.263. The Kier molecular flexibility index (Phi) is 7.05. The molecule has 0 aliphatic rings. The summed E-state index contributed by atoms with van der Waals surface area (Å²) < 4.78 is 17.5. The number of aromatic nitrogens is 2. The fourth-order valence-corrected chi connectivity index (χ4v) is 4.10. The van der Waals surface area contributed by atoms with Crippen molar-refractivity contribution in [2.45, 2.75) is 29.6 Å². The fraction of sp³-hybridized carbons (Fsp3) is 0.300. The number of amides is 1. The van der Waals surface area contributed by atoms with Crippen molar-refractivity contribution in [2.24, 2.45) is 11.0 Å². The summed E-state index contributed by atoms with van der Waals surface area (Å²) in [5.41, 5.74) is 10.8. The van der Waals surface area contributed by atoms with Crippen molar-refractivity contribution in [1.29, 1.82) is 0 Å². The Balaban J connectivity index is 1.70. The van der Waals surface area contributed by atoms with Gasteiger partial charge in [0, 0.05) is 21.2 Å². The van der Waals surface area contributed by atoms with Crippen molar-refractivity contribution in [3.63, 3.8) is 0 Å². The molecule has 3 rings (SSSR count). The van der Waals surface area contributed by atoms with E-state index in [1.807, 2.05) is 24.3 Å². The first-order valence-electron chi connectivity index (χ1n) is 9.36. The van der Waals surface area contributed by atoms with Crippen LogP contribution in [0.5, 0.6) is 0 Å². The summed E-state index contributed by atoms with van der Waals surface area (Å²) in [6, 6.07) is 13.0. The highest BCUT2D eigenvalue weighted by molar-refractivity contribution is 7.85. The minimum atomic E-state index is -1.35. The number of carbonyl (C=O) groups excluding carboxylic acids is 1. The van der Waals surface area contributed by atoms with Gasteiger partial charge in [-0.25, -0.2) is 14.0 Å². The van der Waals surface area contributed by atoms with Crippen LogP contribution in [0.4, 0.5) is 10.7 Å². The van der Waals surface area contributed by atoms with Crippen LogP contribution in [0.15, 0.2) is 57.4 Å². The van der Waals surface area contributed by atoms with Crippen LogP contribution in [0, 0.1) is 5.92 Å². The third-order valence-corrected chi connectivity index (χ3v) is 5.96. The summed E-state index contributed by atoms with van der Waals surface area (Å²) >= 11 is 0. The predicted molar refractivity (Wildman–Crippen MR) is 115 cm³/mol. The number of azide groups is 1. The van der Waals surface area contributed by atoms with Gasteiger partial charge >= 0.3 is 6.09 Å². The van der Waals surface area contributed by atoms with E-state index in [1.54, 1.807) is 18.2 Å². The maximum absolute atomic E-state index is 13.0. The van der Waals surface area contributed by atoms with E-state index in [2.05, 4.69) is 37.0 Å². The van der Waals surface area contributed by atoms with E-state index in [4.69, 9.17) is 5.53 Å². The van der Waals surface area contributed by atoms with Crippen LogP contribution < -0.4 is 5.32 Å². The molecule has 30 heavy (non-hydrogen) atoms. The molecule has 3 aromatic rings. The molecule has 1 heterocycles. The van der Waals surface area contributed by atoms with Crippen LogP contribution in [-0.4, -0.2) is 33.9 Å². The molecule has 2 aromatic carbocycles. The van der Waals surface area contributed by atoms with Gasteiger partial charge in [0.25, 0.3) is 0 Å². The summed E-state index contributed by atoms with van der Waals surface area (Å²) in [4.78, 5) is 22.6. The molecule has 0 aliphatic heterocycles. The first-order chi connectivity index (χ1) is 14.5. The predicted octanol–water partition coefficient (Wildman–Crippen LogP) is 4.79. The van der Waals surface area contributed by atoms with E-state index in [0.717, 1.165) is 18.4 Å². The smallest absolute Gasteiger partial charge is 0.413 e. The zero-order valence-electron chi connectivity index (χ0n) is 16.7. The molecule has 1 amide bonds. The van der Waals surface area contributed by atoms with E-state index in [1.165, 1.54) is 7.11 Å². The quantitative estimate of drug-likeness (QED) is 0.304. The molecule has 0 aliphatic carbocycles. The molecule has 9 nitrogen and oxygen atoms in total. The number of hydrogen-bond acceptors (Lipinski definition) is 5. The van der Waals surface area contributed by atoms with E-state index >= 15 is 0 Å². The number of fused-ring (bicyclic) bond motifs is 1. The standard InChI is InChI=1S/C20H22N6O3S/c1-13(9-10-22-26-21)11-14-3-5-15(6-4-14)30(28)16-7-8-17-18(12-16)24-19(23-17)25-20(27)29-2/h3-8,12-13H,9-11H2,1-2H3,(H2,23,24,25,27). The lowest BCUT2D eigenvalue weighted by Gasteiger charge is -2.10. The maximum Gasteiger partial charge on any atom is 0.413 e. The summed E-state index contributed by atoms with van der Waals surface area (Å²) in [7, 11) is -0.0756. The van der Waals surface area contributed by atoms with Crippen molar-refractivity contribution in [3.05, 3.63) is 58.5 Å². The average molecular weight is 427 g/mol. The van der Waals surface area contributed by atoms with Crippen LogP contribution in [0.3, 0.4) is 0 Å². The van der Waals surface area contributed by atoms with Crippen molar-refractivity contribution in [1.82, 2.24) is 9.97 Å². The lowest BCUT2D eigenvalue weighted by Crippen LogP contribution is -2.11. The largest absolute Gasteiger partial charge is 0.453 e. The number of imidazole rings is 1. The molecule has 156 valence electrons. The third-order valence-electron chi connectivity index (χ3n) is 4.58.